The molecule has 0 aliphatic carbocycles. The predicted octanol–water partition coefficient (Wildman–Crippen LogP) is 4.13. The standard InChI is InChI=1S/C28H30F2N8OS/c1-3-28-9-8-15(36-28)12-38(14-28)25-18-11-32-21(17-6-7-19(29)24-23(17)33-26(31)40-24)20(30)22(18)34-27(35-25)39-13-16-5-4-10-37(16)2/h3,6-7,11,15-16,36H,1,4-5,8-10,12-14H2,2H3,(H2,31,33). The van der Waals surface area contributed by atoms with Crippen molar-refractivity contribution in [2.45, 2.75) is 43.3 Å². The molecule has 3 fully saturated rings. The van der Waals surface area contributed by atoms with Gasteiger partial charge in [0.2, 0.25) is 0 Å². The summed E-state index contributed by atoms with van der Waals surface area (Å²) in [6.45, 7) is 6.86. The summed E-state index contributed by atoms with van der Waals surface area (Å²) in [6.07, 6.45) is 7.69. The number of hydrogen-bond acceptors (Lipinski definition) is 10. The van der Waals surface area contributed by atoms with Crippen LogP contribution < -0.4 is 20.7 Å². The van der Waals surface area contributed by atoms with Crippen LogP contribution >= 0.6 is 11.3 Å². The maximum Gasteiger partial charge on any atom is 0.319 e. The van der Waals surface area contributed by atoms with E-state index in [1.807, 2.05) is 6.08 Å². The van der Waals surface area contributed by atoms with Crippen LogP contribution in [0.3, 0.4) is 0 Å². The maximum absolute atomic E-state index is 16.4. The number of fused-ring (bicyclic) bond motifs is 4. The van der Waals surface area contributed by atoms with Crippen LogP contribution in [0.1, 0.15) is 25.7 Å². The summed E-state index contributed by atoms with van der Waals surface area (Å²) in [6, 6.07) is 3.41. The highest BCUT2D eigenvalue weighted by Gasteiger charge is 2.43. The molecule has 3 unspecified atom stereocenters. The van der Waals surface area contributed by atoms with Crippen molar-refractivity contribution in [2.75, 3.05) is 43.9 Å². The number of nitrogens with zero attached hydrogens (tertiary/aromatic N) is 6. The van der Waals surface area contributed by atoms with Gasteiger partial charge in [-0.15, -0.1) is 6.58 Å². The van der Waals surface area contributed by atoms with Crippen molar-refractivity contribution in [1.82, 2.24) is 30.2 Å². The number of piperazine rings is 1. The molecule has 3 aromatic heterocycles. The van der Waals surface area contributed by atoms with Crippen LogP contribution in [-0.4, -0.2) is 75.7 Å². The van der Waals surface area contributed by atoms with E-state index in [0.717, 1.165) is 43.6 Å². The normalized spacial score (nSPS) is 24.8. The molecule has 6 heterocycles. The second-order valence-electron chi connectivity index (χ2n) is 11.0. The summed E-state index contributed by atoms with van der Waals surface area (Å²) in [4.78, 5) is 22.5. The molecule has 3 aliphatic rings. The Morgan fingerprint density at radius 1 is 1.25 bits per heavy atom. The number of anilines is 2. The molecule has 4 aromatic rings. The second-order valence-corrected chi connectivity index (χ2v) is 12.1. The van der Waals surface area contributed by atoms with Crippen molar-refractivity contribution in [2.24, 2.45) is 0 Å². The van der Waals surface area contributed by atoms with Gasteiger partial charge in [-0.25, -0.2) is 13.8 Å². The van der Waals surface area contributed by atoms with Crippen molar-refractivity contribution >= 4 is 43.4 Å². The molecule has 3 N–H and O–H groups in total. The van der Waals surface area contributed by atoms with Crippen molar-refractivity contribution in [3.05, 3.63) is 42.6 Å². The molecule has 3 atom stereocenters. The van der Waals surface area contributed by atoms with Gasteiger partial charge in [0.25, 0.3) is 0 Å². The Labute approximate surface area is 234 Å². The number of ether oxygens (including phenoxy) is 1. The predicted molar refractivity (Wildman–Crippen MR) is 153 cm³/mol. The number of nitrogens with one attached hydrogen (secondary N) is 1. The van der Waals surface area contributed by atoms with Gasteiger partial charge in [0.05, 0.1) is 21.1 Å². The molecule has 208 valence electrons. The zero-order valence-electron chi connectivity index (χ0n) is 22.2. The molecule has 3 aliphatic heterocycles. The lowest BCUT2D eigenvalue weighted by molar-refractivity contribution is 0.188. The number of likely N-dealkylation sites (N-methyl/N-ethyl adjacent to an activating group) is 1. The van der Waals surface area contributed by atoms with Crippen LogP contribution in [0.15, 0.2) is 31.0 Å². The number of benzene rings is 1. The van der Waals surface area contributed by atoms with E-state index in [1.54, 1.807) is 6.20 Å². The summed E-state index contributed by atoms with van der Waals surface area (Å²) >= 11 is 1.02. The zero-order valence-corrected chi connectivity index (χ0v) is 23.0. The SMILES string of the molecule is C=CC12CCC(CN(c3nc(OCC4CCCN4C)nc4c(F)c(-c5ccc(F)c6sc(N)nc56)ncc34)C1)N2. The van der Waals surface area contributed by atoms with Crippen LogP contribution in [0.25, 0.3) is 32.4 Å². The van der Waals surface area contributed by atoms with Crippen LogP contribution in [-0.2, 0) is 0 Å². The van der Waals surface area contributed by atoms with E-state index < -0.39 is 11.6 Å². The van der Waals surface area contributed by atoms with Gasteiger partial charge < -0.3 is 25.6 Å². The van der Waals surface area contributed by atoms with Gasteiger partial charge in [-0.05, 0) is 51.4 Å². The van der Waals surface area contributed by atoms with E-state index in [9.17, 15) is 4.39 Å². The summed E-state index contributed by atoms with van der Waals surface area (Å²) in [5, 5.41) is 4.36. The lowest BCUT2D eigenvalue weighted by atomic mass is 9.97. The fourth-order valence-electron chi connectivity index (χ4n) is 6.36. The summed E-state index contributed by atoms with van der Waals surface area (Å²) < 4.78 is 37.3. The molecule has 0 saturated carbocycles. The van der Waals surface area contributed by atoms with E-state index in [-0.39, 0.29) is 50.2 Å². The first-order chi connectivity index (χ1) is 19.3. The number of nitrogen functional groups attached to an aromatic ring is 1. The first-order valence-electron chi connectivity index (χ1n) is 13.5. The van der Waals surface area contributed by atoms with Crippen molar-refractivity contribution in [3.63, 3.8) is 0 Å². The number of pyridine rings is 1. The van der Waals surface area contributed by atoms with Gasteiger partial charge in [0.1, 0.15) is 29.5 Å². The van der Waals surface area contributed by atoms with Gasteiger partial charge in [-0.2, -0.15) is 9.97 Å². The Hall–Kier alpha value is -3.48. The van der Waals surface area contributed by atoms with E-state index in [4.69, 9.17) is 15.5 Å². The number of likely N-dealkylation sites (tertiary alicyclic amines) is 1. The molecular weight excluding hydrogens is 534 g/mol. The summed E-state index contributed by atoms with van der Waals surface area (Å²) in [5.41, 5.74) is 6.39. The monoisotopic (exact) mass is 564 g/mol. The van der Waals surface area contributed by atoms with Gasteiger partial charge in [0, 0.05) is 36.9 Å². The topological polar surface area (TPSA) is 105 Å². The van der Waals surface area contributed by atoms with Gasteiger partial charge in [-0.3, -0.25) is 4.98 Å². The fraction of sp³-hybridized carbons (Fsp3) is 0.429. The maximum atomic E-state index is 16.4. The summed E-state index contributed by atoms with van der Waals surface area (Å²) in [5.74, 6) is -0.518. The van der Waals surface area contributed by atoms with Gasteiger partial charge in [0.15, 0.2) is 10.9 Å². The Morgan fingerprint density at radius 2 is 2.12 bits per heavy atom. The second kappa shape index (κ2) is 9.57. The average molecular weight is 565 g/mol. The Kier molecular flexibility index (Phi) is 6.09. The van der Waals surface area contributed by atoms with Gasteiger partial charge >= 0.3 is 6.01 Å². The quantitative estimate of drug-likeness (QED) is 0.335. The van der Waals surface area contributed by atoms with E-state index >= 15 is 4.39 Å². The third-order valence-electron chi connectivity index (χ3n) is 8.52. The highest BCUT2D eigenvalue weighted by Crippen LogP contribution is 2.39. The van der Waals surface area contributed by atoms with Crippen molar-refractivity contribution in [3.8, 4) is 17.3 Å². The molecule has 9 nitrogen and oxygen atoms in total. The molecule has 0 amide bonds. The molecule has 2 bridgehead atoms. The lowest BCUT2D eigenvalue weighted by Gasteiger charge is -2.40. The third kappa shape index (κ3) is 4.16. The molecule has 0 radical (unpaired) electrons. The number of rotatable bonds is 6. The highest BCUT2D eigenvalue weighted by atomic mass is 32.1. The molecule has 3 saturated heterocycles. The largest absolute Gasteiger partial charge is 0.462 e. The van der Waals surface area contributed by atoms with Crippen molar-refractivity contribution < 1.29 is 13.5 Å². The molecular formula is C28H30F2N8OS. The molecule has 7 rings (SSSR count). The third-order valence-corrected chi connectivity index (χ3v) is 9.41. The van der Waals surface area contributed by atoms with Gasteiger partial charge in [-0.1, -0.05) is 17.4 Å². The Morgan fingerprint density at radius 3 is 2.92 bits per heavy atom. The van der Waals surface area contributed by atoms with E-state index in [0.29, 0.717) is 36.5 Å². The smallest absolute Gasteiger partial charge is 0.319 e. The minimum absolute atomic E-state index is 0.0249. The summed E-state index contributed by atoms with van der Waals surface area (Å²) in [7, 11) is 2.07. The fourth-order valence-corrected chi connectivity index (χ4v) is 7.13. The van der Waals surface area contributed by atoms with Crippen LogP contribution in [0.5, 0.6) is 6.01 Å². The van der Waals surface area contributed by atoms with Crippen LogP contribution in [0, 0.1) is 11.6 Å². The number of aromatic nitrogens is 4. The highest BCUT2D eigenvalue weighted by molar-refractivity contribution is 7.22. The number of thiazole rings is 1. The lowest BCUT2D eigenvalue weighted by Crippen LogP contribution is -2.58. The molecule has 12 heteroatoms. The molecule has 40 heavy (non-hydrogen) atoms. The Balaban J connectivity index is 1.36. The minimum atomic E-state index is -0.639. The number of hydrogen-bond donors (Lipinski definition) is 2. The number of halogens is 2. The number of nitrogens with two attached hydrogens (primary N) is 1. The van der Waals surface area contributed by atoms with Crippen molar-refractivity contribution in [1.29, 1.82) is 0 Å². The zero-order chi connectivity index (χ0) is 27.6. The first kappa shape index (κ1) is 25.5. The first-order valence-corrected chi connectivity index (χ1v) is 14.4. The van der Waals surface area contributed by atoms with E-state index in [1.165, 1.54) is 12.1 Å². The minimum Gasteiger partial charge on any atom is -0.462 e. The molecule has 1 aromatic carbocycles. The van der Waals surface area contributed by atoms with Crippen LogP contribution in [0.4, 0.5) is 19.7 Å². The average Bonchev–Trinajstić information content (AvgIpc) is 3.64. The van der Waals surface area contributed by atoms with Crippen LogP contribution in [0.2, 0.25) is 0 Å². The Bertz CT molecular complexity index is 1650. The van der Waals surface area contributed by atoms with E-state index in [2.05, 4.69) is 43.7 Å². The molecule has 0 spiro atoms.